The van der Waals surface area contributed by atoms with E-state index in [9.17, 15) is 15.3 Å². The topological polar surface area (TPSA) is 79.2 Å². The van der Waals surface area contributed by atoms with E-state index in [2.05, 4.69) is 0 Å². The van der Waals surface area contributed by atoms with Crippen LogP contribution < -0.4 is 0 Å². The molecular weight excluding hydrogens is 224 g/mol. The molecule has 0 aliphatic carbocycles. The van der Waals surface area contributed by atoms with Crippen molar-refractivity contribution in [1.29, 1.82) is 0 Å². The Morgan fingerprint density at radius 3 is 2.00 bits per heavy atom. The third-order valence-corrected chi connectivity index (χ3v) is 2.68. The highest BCUT2D eigenvalue weighted by molar-refractivity contribution is 4.95. The van der Waals surface area contributed by atoms with Crippen molar-refractivity contribution in [1.82, 2.24) is 0 Å². The molecule has 3 N–H and O–H groups in total. The van der Waals surface area contributed by atoms with E-state index in [1.54, 1.807) is 13.8 Å². The first-order valence-corrected chi connectivity index (χ1v) is 5.90. The van der Waals surface area contributed by atoms with Crippen LogP contribution in [0.1, 0.15) is 34.6 Å². The van der Waals surface area contributed by atoms with Crippen molar-refractivity contribution in [3.63, 3.8) is 0 Å². The molecule has 0 spiro atoms. The molecule has 1 saturated heterocycles. The van der Waals surface area contributed by atoms with Gasteiger partial charge in [0.1, 0.15) is 24.4 Å². The molecule has 17 heavy (non-hydrogen) atoms. The summed E-state index contributed by atoms with van der Waals surface area (Å²) in [7, 11) is 0. The molecule has 0 bridgehead atoms. The molecule has 0 unspecified atom stereocenters. The average molecular weight is 248 g/mol. The number of aliphatic hydroxyl groups is 3. The van der Waals surface area contributed by atoms with E-state index in [1.807, 2.05) is 20.8 Å². The summed E-state index contributed by atoms with van der Waals surface area (Å²) in [5.41, 5.74) is -1.62. The Bertz CT molecular complexity index is 251. The molecule has 0 aromatic rings. The summed E-state index contributed by atoms with van der Waals surface area (Å²) in [5, 5.41) is 29.7. The first-order chi connectivity index (χ1) is 7.52. The van der Waals surface area contributed by atoms with Crippen molar-refractivity contribution < 1.29 is 24.8 Å². The van der Waals surface area contributed by atoms with Crippen molar-refractivity contribution in [2.75, 3.05) is 6.61 Å². The number of hydrogen-bond acceptors (Lipinski definition) is 5. The van der Waals surface area contributed by atoms with Gasteiger partial charge in [0.2, 0.25) is 0 Å². The molecular formula is C12H24O5. The van der Waals surface area contributed by atoms with E-state index >= 15 is 0 Å². The molecule has 4 atom stereocenters. The molecule has 1 aliphatic rings. The maximum Gasteiger partial charge on any atom is 0.114 e. The highest BCUT2D eigenvalue weighted by Gasteiger charge is 2.46. The lowest BCUT2D eigenvalue weighted by atomic mass is 9.89. The monoisotopic (exact) mass is 248 g/mol. The Balaban J connectivity index is 2.69. The van der Waals surface area contributed by atoms with Crippen LogP contribution in [-0.2, 0) is 9.47 Å². The zero-order valence-corrected chi connectivity index (χ0v) is 11.2. The minimum Gasteiger partial charge on any atom is -0.388 e. The SMILES string of the molecule is CC(C)(C)O[C@@H]1CO[C@@H](C(C)(C)O)[C@@H](O)[C@H]1O. The van der Waals surface area contributed by atoms with Crippen LogP contribution in [0.15, 0.2) is 0 Å². The first kappa shape index (κ1) is 14.9. The predicted octanol–water partition coefficient (Wildman–Crippen LogP) is 0.0616. The van der Waals surface area contributed by atoms with Crippen molar-refractivity contribution in [2.45, 2.75) is 70.2 Å². The average Bonchev–Trinajstić information content (AvgIpc) is 2.08. The smallest absolute Gasteiger partial charge is 0.114 e. The zero-order chi connectivity index (χ0) is 13.4. The Morgan fingerprint density at radius 2 is 1.59 bits per heavy atom. The summed E-state index contributed by atoms with van der Waals surface area (Å²) in [5.74, 6) is 0. The molecule has 1 fully saturated rings. The minimum atomic E-state index is -1.20. The second-order valence-corrected chi connectivity index (χ2v) is 6.16. The van der Waals surface area contributed by atoms with Gasteiger partial charge in [-0.05, 0) is 34.6 Å². The van der Waals surface area contributed by atoms with Crippen LogP contribution in [0.5, 0.6) is 0 Å². The summed E-state index contributed by atoms with van der Waals surface area (Å²) in [6.07, 6.45) is -3.60. The van der Waals surface area contributed by atoms with Gasteiger partial charge >= 0.3 is 0 Å². The van der Waals surface area contributed by atoms with E-state index in [1.165, 1.54) is 0 Å². The number of hydrogen-bond donors (Lipinski definition) is 3. The zero-order valence-electron chi connectivity index (χ0n) is 11.2. The predicted molar refractivity (Wildman–Crippen MR) is 62.7 cm³/mol. The summed E-state index contributed by atoms with van der Waals surface area (Å²) < 4.78 is 11.0. The van der Waals surface area contributed by atoms with Gasteiger partial charge in [0, 0.05) is 0 Å². The third-order valence-electron chi connectivity index (χ3n) is 2.68. The Labute approximate surface area is 102 Å². The molecule has 0 radical (unpaired) electrons. The highest BCUT2D eigenvalue weighted by atomic mass is 16.6. The van der Waals surface area contributed by atoms with Crippen LogP contribution in [0.3, 0.4) is 0 Å². The minimum absolute atomic E-state index is 0.157. The number of aliphatic hydroxyl groups excluding tert-OH is 2. The molecule has 0 amide bonds. The van der Waals surface area contributed by atoms with Gasteiger partial charge in [-0.3, -0.25) is 0 Å². The quantitative estimate of drug-likeness (QED) is 0.644. The molecule has 0 saturated carbocycles. The van der Waals surface area contributed by atoms with Gasteiger partial charge in [-0.15, -0.1) is 0 Å². The van der Waals surface area contributed by atoms with Crippen LogP contribution in [0.4, 0.5) is 0 Å². The van der Waals surface area contributed by atoms with E-state index in [0.717, 1.165) is 0 Å². The standard InChI is InChI=1S/C12H24O5/c1-11(2,3)17-7-6-16-10(12(4,5)15)9(14)8(7)13/h7-10,13-15H,6H2,1-5H3/t7-,8+,9+,10-/m1/s1. The van der Waals surface area contributed by atoms with Crippen molar-refractivity contribution in [3.05, 3.63) is 0 Å². The molecule has 5 heteroatoms. The second-order valence-electron chi connectivity index (χ2n) is 6.16. The molecule has 5 nitrogen and oxygen atoms in total. The lowest BCUT2D eigenvalue weighted by Crippen LogP contribution is -2.61. The van der Waals surface area contributed by atoms with Crippen molar-refractivity contribution in [3.8, 4) is 0 Å². The summed E-state index contributed by atoms with van der Waals surface area (Å²) >= 11 is 0. The third kappa shape index (κ3) is 3.89. The lowest BCUT2D eigenvalue weighted by molar-refractivity contribution is -0.253. The molecule has 102 valence electrons. The fourth-order valence-electron chi connectivity index (χ4n) is 1.97. The number of rotatable bonds is 2. The van der Waals surface area contributed by atoms with Gasteiger partial charge < -0.3 is 24.8 Å². The molecule has 0 aromatic carbocycles. The molecule has 1 rings (SSSR count). The van der Waals surface area contributed by atoms with Gasteiger partial charge in [0.15, 0.2) is 0 Å². The molecule has 1 aliphatic heterocycles. The first-order valence-electron chi connectivity index (χ1n) is 5.90. The van der Waals surface area contributed by atoms with Crippen LogP contribution in [0, 0.1) is 0 Å². The van der Waals surface area contributed by atoms with Crippen LogP contribution in [0.2, 0.25) is 0 Å². The van der Waals surface area contributed by atoms with E-state index in [-0.39, 0.29) is 6.61 Å². The highest BCUT2D eigenvalue weighted by Crippen LogP contribution is 2.27. The summed E-state index contributed by atoms with van der Waals surface area (Å²) in [6, 6.07) is 0. The van der Waals surface area contributed by atoms with E-state index in [0.29, 0.717) is 0 Å². The van der Waals surface area contributed by atoms with Crippen molar-refractivity contribution >= 4 is 0 Å². The van der Waals surface area contributed by atoms with Gasteiger partial charge in [0.25, 0.3) is 0 Å². The molecule has 0 aromatic heterocycles. The van der Waals surface area contributed by atoms with E-state index in [4.69, 9.17) is 9.47 Å². The van der Waals surface area contributed by atoms with Gasteiger partial charge in [-0.25, -0.2) is 0 Å². The normalized spacial score (nSPS) is 36.0. The fraction of sp³-hybridized carbons (Fsp3) is 1.00. The Kier molecular flexibility index (Phi) is 4.21. The van der Waals surface area contributed by atoms with Crippen LogP contribution >= 0.6 is 0 Å². The Morgan fingerprint density at radius 1 is 1.06 bits per heavy atom. The maximum atomic E-state index is 9.97. The van der Waals surface area contributed by atoms with Gasteiger partial charge in [-0.2, -0.15) is 0 Å². The summed E-state index contributed by atoms with van der Waals surface area (Å²) in [6.45, 7) is 8.85. The maximum absolute atomic E-state index is 9.97. The van der Waals surface area contributed by atoms with Crippen LogP contribution in [-0.4, -0.2) is 57.5 Å². The van der Waals surface area contributed by atoms with E-state index < -0.39 is 35.6 Å². The van der Waals surface area contributed by atoms with Crippen molar-refractivity contribution in [2.24, 2.45) is 0 Å². The second kappa shape index (κ2) is 4.82. The largest absolute Gasteiger partial charge is 0.388 e. The van der Waals surface area contributed by atoms with Crippen LogP contribution in [0.25, 0.3) is 0 Å². The molecule has 1 heterocycles. The lowest BCUT2D eigenvalue weighted by Gasteiger charge is -2.43. The Hall–Kier alpha value is -0.200. The fourth-order valence-corrected chi connectivity index (χ4v) is 1.97. The van der Waals surface area contributed by atoms with Gasteiger partial charge in [-0.1, -0.05) is 0 Å². The summed E-state index contributed by atoms with van der Waals surface area (Å²) in [4.78, 5) is 0. The van der Waals surface area contributed by atoms with Gasteiger partial charge in [0.05, 0.1) is 17.8 Å². The number of ether oxygens (including phenoxy) is 2.